The molecule has 0 aliphatic heterocycles. The van der Waals surface area contributed by atoms with Crippen LogP contribution in [0.2, 0.25) is 5.02 Å². The molecule has 0 spiro atoms. The normalized spacial score (nSPS) is 10.6. The van der Waals surface area contributed by atoms with E-state index in [4.69, 9.17) is 26.3 Å². The van der Waals surface area contributed by atoms with Crippen molar-refractivity contribution in [2.24, 2.45) is 0 Å². The van der Waals surface area contributed by atoms with Gasteiger partial charge in [0.15, 0.2) is 5.82 Å². The predicted octanol–water partition coefficient (Wildman–Crippen LogP) is 6.01. The minimum atomic E-state index is -0.553. The Hall–Kier alpha value is -4.73. The molecule has 0 saturated heterocycles. The second-order valence-electron chi connectivity index (χ2n) is 8.76. The van der Waals surface area contributed by atoms with Gasteiger partial charge in [-0.05, 0) is 69.2 Å². The van der Waals surface area contributed by atoms with Crippen LogP contribution in [0.1, 0.15) is 32.0 Å². The van der Waals surface area contributed by atoms with Crippen LogP contribution >= 0.6 is 11.6 Å². The first-order valence-electron chi connectivity index (χ1n) is 11.6. The van der Waals surface area contributed by atoms with E-state index in [1.807, 2.05) is 0 Å². The van der Waals surface area contributed by atoms with E-state index in [1.165, 1.54) is 6.33 Å². The fourth-order valence-electron chi connectivity index (χ4n) is 3.05. The van der Waals surface area contributed by atoms with Gasteiger partial charge < -0.3 is 25.4 Å². The molecular formula is C28H27ClN6O3. The summed E-state index contributed by atoms with van der Waals surface area (Å²) in [6, 6.07) is 14.1. The number of nitrogens with one attached hydrogen (secondary N) is 3. The molecule has 0 bridgehead atoms. The maximum absolute atomic E-state index is 11.7. The summed E-state index contributed by atoms with van der Waals surface area (Å²) in [6.45, 7) is 5.68. The summed E-state index contributed by atoms with van der Waals surface area (Å²) >= 11 is 6.44. The summed E-state index contributed by atoms with van der Waals surface area (Å²) in [5.74, 6) is 7.34. The van der Waals surface area contributed by atoms with Gasteiger partial charge in [-0.3, -0.25) is 0 Å². The standard InChI is InChI=1S/C28H27ClN6O3/c1-28(2,3)38-27(36)32-14-7-5-6-11-23-25(31-4)26(34-18-33-23)35-20-12-13-24(22(29)16-20)37-21-10-8-9-19(15-21)17-30/h5,7-10,12-13,15-16,18,31H,14H2,1-4H3,(H,32,36)(H,33,34,35). The van der Waals surface area contributed by atoms with Crippen molar-refractivity contribution in [1.82, 2.24) is 15.3 Å². The van der Waals surface area contributed by atoms with E-state index in [0.717, 1.165) is 0 Å². The summed E-state index contributed by atoms with van der Waals surface area (Å²) in [7, 11) is 1.74. The molecule has 3 rings (SSSR count). The van der Waals surface area contributed by atoms with Crippen molar-refractivity contribution >= 4 is 34.9 Å². The molecule has 0 radical (unpaired) electrons. The average molecular weight is 531 g/mol. The molecule has 1 amide bonds. The van der Waals surface area contributed by atoms with Crippen molar-refractivity contribution in [2.75, 3.05) is 24.2 Å². The molecule has 10 heteroatoms. The number of halogens is 1. The van der Waals surface area contributed by atoms with Gasteiger partial charge >= 0.3 is 6.09 Å². The maximum atomic E-state index is 11.7. The molecule has 1 heterocycles. The molecule has 0 atom stereocenters. The van der Waals surface area contributed by atoms with Gasteiger partial charge in [-0.1, -0.05) is 29.7 Å². The number of amides is 1. The Balaban J connectivity index is 1.67. The first kappa shape index (κ1) is 27.9. The van der Waals surface area contributed by atoms with Crippen molar-refractivity contribution in [1.29, 1.82) is 5.26 Å². The number of hydrogen-bond acceptors (Lipinski definition) is 8. The number of allylic oxidation sites excluding steroid dienone is 1. The van der Waals surface area contributed by atoms with Crippen LogP contribution in [0.25, 0.3) is 0 Å². The van der Waals surface area contributed by atoms with Crippen molar-refractivity contribution in [2.45, 2.75) is 26.4 Å². The molecule has 194 valence electrons. The zero-order valence-corrected chi connectivity index (χ0v) is 22.2. The number of rotatable bonds is 7. The second-order valence-corrected chi connectivity index (χ2v) is 9.17. The molecule has 1 aromatic heterocycles. The lowest BCUT2D eigenvalue weighted by Crippen LogP contribution is -2.32. The van der Waals surface area contributed by atoms with Gasteiger partial charge in [0.1, 0.15) is 34.8 Å². The zero-order valence-electron chi connectivity index (χ0n) is 21.4. The van der Waals surface area contributed by atoms with E-state index < -0.39 is 11.7 Å². The number of anilines is 3. The van der Waals surface area contributed by atoms with E-state index in [2.05, 4.69) is 43.8 Å². The highest BCUT2D eigenvalue weighted by Crippen LogP contribution is 2.33. The van der Waals surface area contributed by atoms with Crippen LogP contribution in [0.4, 0.5) is 22.0 Å². The van der Waals surface area contributed by atoms with Crippen molar-refractivity contribution in [3.63, 3.8) is 0 Å². The van der Waals surface area contributed by atoms with E-state index in [9.17, 15) is 4.79 Å². The number of hydrogen-bond donors (Lipinski definition) is 3. The third-order valence-corrected chi connectivity index (χ3v) is 4.93. The average Bonchev–Trinajstić information content (AvgIpc) is 2.87. The molecule has 3 N–H and O–H groups in total. The Bertz CT molecular complexity index is 1430. The lowest BCUT2D eigenvalue weighted by Gasteiger charge is -2.19. The lowest BCUT2D eigenvalue weighted by atomic mass is 10.2. The molecule has 0 aliphatic rings. The fourth-order valence-corrected chi connectivity index (χ4v) is 3.27. The highest BCUT2D eigenvalue weighted by Gasteiger charge is 2.15. The van der Waals surface area contributed by atoms with Crippen LogP contribution in [0.5, 0.6) is 11.5 Å². The number of carbonyl (C=O) groups excluding carboxylic acids is 1. The minimum absolute atomic E-state index is 0.281. The van der Waals surface area contributed by atoms with Gasteiger partial charge in [-0.25, -0.2) is 14.8 Å². The van der Waals surface area contributed by atoms with Crippen molar-refractivity contribution in [3.8, 4) is 29.4 Å². The third kappa shape index (κ3) is 8.44. The molecule has 0 aliphatic carbocycles. The quantitative estimate of drug-likeness (QED) is 0.317. The number of carbonyl (C=O) groups is 1. The number of nitrogens with zero attached hydrogens (tertiary/aromatic N) is 3. The molecule has 2 aromatic carbocycles. The largest absolute Gasteiger partial charge is 0.456 e. The highest BCUT2D eigenvalue weighted by atomic mass is 35.5. The number of alkyl carbamates (subject to hydrolysis) is 1. The predicted molar refractivity (Wildman–Crippen MR) is 148 cm³/mol. The summed E-state index contributed by atoms with van der Waals surface area (Å²) in [5.41, 5.74) is 1.70. The van der Waals surface area contributed by atoms with Gasteiger partial charge in [0.05, 0.1) is 16.7 Å². The lowest BCUT2D eigenvalue weighted by molar-refractivity contribution is 0.0534. The number of aromatic nitrogens is 2. The Labute approximate surface area is 226 Å². The summed E-state index contributed by atoms with van der Waals surface area (Å²) in [4.78, 5) is 20.2. The Morgan fingerprint density at radius 3 is 2.71 bits per heavy atom. The molecular weight excluding hydrogens is 504 g/mol. The van der Waals surface area contributed by atoms with Gasteiger partial charge in [0.25, 0.3) is 0 Å². The van der Waals surface area contributed by atoms with E-state index in [0.29, 0.717) is 45.0 Å². The van der Waals surface area contributed by atoms with Crippen LogP contribution in [-0.2, 0) is 4.74 Å². The number of nitriles is 1. The van der Waals surface area contributed by atoms with Crippen molar-refractivity contribution in [3.05, 3.63) is 77.2 Å². The summed E-state index contributed by atoms with van der Waals surface area (Å²) in [6.07, 6.45) is 4.24. The molecule has 0 unspecified atom stereocenters. The summed E-state index contributed by atoms with van der Waals surface area (Å²) < 4.78 is 11.0. The zero-order chi connectivity index (χ0) is 27.5. The Morgan fingerprint density at radius 1 is 1.18 bits per heavy atom. The van der Waals surface area contributed by atoms with Crippen LogP contribution in [0, 0.1) is 23.2 Å². The molecule has 9 nitrogen and oxygen atoms in total. The Kier molecular flexibility index (Phi) is 9.53. The van der Waals surface area contributed by atoms with Gasteiger partial charge in [0, 0.05) is 19.3 Å². The monoisotopic (exact) mass is 530 g/mol. The first-order valence-corrected chi connectivity index (χ1v) is 12.0. The fraction of sp³-hybridized carbons (Fsp3) is 0.214. The number of ether oxygens (including phenoxy) is 2. The van der Waals surface area contributed by atoms with Gasteiger partial charge in [-0.15, -0.1) is 0 Å². The molecule has 0 saturated carbocycles. The van der Waals surface area contributed by atoms with E-state index in [-0.39, 0.29) is 6.54 Å². The van der Waals surface area contributed by atoms with Crippen LogP contribution in [0.3, 0.4) is 0 Å². The van der Waals surface area contributed by atoms with E-state index in [1.54, 1.807) is 82.4 Å². The molecule has 3 aromatic rings. The number of benzene rings is 2. The highest BCUT2D eigenvalue weighted by molar-refractivity contribution is 6.32. The summed E-state index contributed by atoms with van der Waals surface area (Å²) in [5, 5.41) is 18.4. The van der Waals surface area contributed by atoms with Crippen LogP contribution < -0.4 is 20.7 Å². The van der Waals surface area contributed by atoms with Gasteiger partial charge in [-0.2, -0.15) is 5.26 Å². The van der Waals surface area contributed by atoms with E-state index >= 15 is 0 Å². The van der Waals surface area contributed by atoms with Crippen LogP contribution in [0.15, 0.2) is 60.9 Å². The minimum Gasteiger partial charge on any atom is -0.456 e. The third-order valence-electron chi connectivity index (χ3n) is 4.64. The first-order chi connectivity index (χ1) is 18.2. The second kappa shape index (κ2) is 13.0. The SMILES string of the molecule is CNc1c(C#CC=CCNC(=O)OC(C)(C)C)ncnc1Nc1ccc(Oc2cccc(C#N)c2)c(Cl)c1. The molecule has 38 heavy (non-hydrogen) atoms. The molecule has 0 fully saturated rings. The Morgan fingerprint density at radius 2 is 2.00 bits per heavy atom. The topological polar surface area (TPSA) is 121 Å². The van der Waals surface area contributed by atoms with Crippen LogP contribution in [-0.4, -0.2) is 35.3 Å². The maximum Gasteiger partial charge on any atom is 0.407 e. The van der Waals surface area contributed by atoms with Gasteiger partial charge in [0.2, 0.25) is 0 Å². The smallest absolute Gasteiger partial charge is 0.407 e. The van der Waals surface area contributed by atoms with Crippen molar-refractivity contribution < 1.29 is 14.3 Å².